The number of ether oxygens (including phenoxy) is 2. The summed E-state index contributed by atoms with van der Waals surface area (Å²) in [4.78, 5) is 37.7. The van der Waals surface area contributed by atoms with E-state index in [9.17, 15) is 18.9 Å². The molecule has 0 amide bonds. The molecule has 3 heterocycles. The third-order valence-corrected chi connectivity index (χ3v) is 6.53. The number of carbonyl (C=O) groups excluding carboxylic acids is 1. The lowest BCUT2D eigenvalue weighted by Crippen LogP contribution is -2.55. The molecule has 0 aliphatic carbocycles. The van der Waals surface area contributed by atoms with E-state index < -0.39 is 54.4 Å². The van der Waals surface area contributed by atoms with Crippen LogP contribution in [-0.4, -0.2) is 52.6 Å². The molecular formula is C19H30N3O9P. The van der Waals surface area contributed by atoms with Crippen LogP contribution in [0.4, 0.5) is 0 Å². The smallest absolute Gasteiger partial charge is 0.463 e. The van der Waals surface area contributed by atoms with Crippen molar-refractivity contribution in [3.05, 3.63) is 33.1 Å². The van der Waals surface area contributed by atoms with E-state index in [2.05, 4.69) is 4.98 Å². The Morgan fingerprint density at radius 1 is 1.44 bits per heavy atom. The van der Waals surface area contributed by atoms with Gasteiger partial charge >= 0.3 is 19.5 Å². The van der Waals surface area contributed by atoms with Crippen LogP contribution in [0.15, 0.2) is 21.9 Å². The fourth-order valence-electron chi connectivity index (χ4n) is 3.61. The Morgan fingerprint density at radius 2 is 2.12 bits per heavy atom. The molecule has 0 spiro atoms. The molecule has 2 aliphatic heterocycles. The highest BCUT2D eigenvalue weighted by atomic mass is 31.2. The molecule has 13 heteroatoms. The van der Waals surface area contributed by atoms with Gasteiger partial charge in [0, 0.05) is 12.3 Å². The second-order valence-electron chi connectivity index (χ2n) is 9.33. The van der Waals surface area contributed by atoms with Gasteiger partial charge in [-0.25, -0.2) is 9.36 Å². The third-order valence-electron chi connectivity index (χ3n) is 5.13. The van der Waals surface area contributed by atoms with Gasteiger partial charge in [-0.05, 0) is 26.2 Å². The van der Waals surface area contributed by atoms with Gasteiger partial charge in [0.2, 0.25) is 0 Å². The summed E-state index contributed by atoms with van der Waals surface area (Å²) in [5, 5.41) is 0. The average Bonchev–Trinajstić information content (AvgIpc) is 2.90. The van der Waals surface area contributed by atoms with Gasteiger partial charge < -0.3 is 15.2 Å². The number of phosphoric acid groups is 1. The lowest BCUT2D eigenvalue weighted by atomic mass is 9.91. The molecule has 180 valence electrons. The number of aromatic amines is 1. The van der Waals surface area contributed by atoms with E-state index in [4.69, 9.17) is 28.8 Å². The molecule has 2 aliphatic rings. The second kappa shape index (κ2) is 8.85. The van der Waals surface area contributed by atoms with Crippen molar-refractivity contribution in [3.63, 3.8) is 0 Å². The highest BCUT2D eigenvalue weighted by Crippen LogP contribution is 2.58. The molecule has 0 aromatic carbocycles. The lowest BCUT2D eigenvalue weighted by molar-refractivity contribution is -0.150. The molecule has 0 saturated carbocycles. The molecule has 1 aromatic rings. The van der Waals surface area contributed by atoms with Crippen LogP contribution in [0.3, 0.4) is 0 Å². The predicted molar refractivity (Wildman–Crippen MR) is 112 cm³/mol. The van der Waals surface area contributed by atoms with Crippen molar-refractivity contribution in [2.24, 2.45) is 11.1 Å². The summed E-state index contributed by atoms with van der Waals surface area (Å²) < 4.78 is 41.7. The first-order valence-electron chi connectivity index (χ1n) is 10.3. The Morgan fingerprint density at radius 3 is 2.75 bits per heavy atom. The lowest BCUT2D eigenvalue weighted by Gasteiger charge is -2.36. The number of hydrogen-bond donors (Lipinski definition) is 2. The molecule has 1 aromatic heterocycles. The summed E-state index contributed by atoms with van der Waals surface area (Å²) >= 11 is 0. The van der Waals surface area contributed by atoms with Crippen LogP contribution >= 0.6 is 7.82 Å². The van der Waals surface area contributed by atoms with Gasteiger partial charge in [0.1, 0.15) is 12.2 Å². The second-order valence-corrected chi connectivity index (χ2v) is 11.0. The number of hydrogen-bond acceptors (Lipinski definition) is 10. The number of rotatable bonds is 7. The molecular weight excluding hydrogens is 445 g/mol. The summed E-state index contributed by atoms with van der Waals surface area (Å²) in [6.07, 6.45) is -1.56. The van der Waals surface area contributed by atoms with Gasteiger partial charge in [0.05, 0.1) is 31.3 Å². The first-order valence-corrected chi connectivity index (χ1v) is 11.7. The first-order chi connectivity index (χ1) is 14.7. The fraction of sp³-hybridized carbons (Fsp3) is 0.737. The van der Waals surface area contributed by atoms with Gasteiger partial charge in [-0.2, -0.15) is 0 Å². The number of nitrogens with one attached hydrogen (secondary N) is 1. The average molecular weight is 475 g/mol. The monoisotopic (exact) mass is 475 g/mol. The minimum Gasteiger partial charge on any atom is -0.463 e. The summed E-state index contributed by atoms with van der Waals surface area (Å²) in [5.74, 6) is -0.398. The van der Waals surface area contributed by atoms with Crippen LogP contribution in [0.1, 0.15) is 47.3 Å². The predicted octanol–water partition coefficient (Wildman–Crippen LogP) is 1.06. The first kappa shape index (κ1) is 24.8. The highest BCUT2D eigenvalue weighted by molar-refractivity contribution is 7.48. The van der Waals surface area contributed by atoms with Gasteiger partial charge in [-0.15, -0.1) is 0 Å². The van der Waals surface area contributed by atoms with E-state index in [0.717, 1.165) is 4.57 Å². The van der Waals surface area contributed by atoms with Crippen LogP contribution in [0.25, 0.3) is 0 Å². The summed E-state index contributed by atoms with van der Waals surface area (Å²) in [6, 6.07) is 1.17. The maximum Gasteiger partial charge on any atom is 0.475 e. The Bertz CT molecular complexity index is 1020. The normalized spacial score (nSPS) is 32.7. The van der Waals surface area contributed by atoms with Crippen LogP contribution in [0, 0.1) is 5.41 Å². The van der Waals surface area contributed by atoms with E-state index in [0.29, 0.717) is 0 Å². The number of aromatic nitrogens is 2. The van der Waals surface area contributed by atoms with Crippen LogP contribution in [0.5, 0.6) is 0 Å². The maximum atomic E-state index is 13.1. The van der Waals surface area contributed by atoms with E-state index >= 15 is 0 Å². The molecule has 32 heavy (non-hydrogen) atoms. The Hall–Kier alpha value is -1.82. The SMILES string of the molecule is CC(C)OC(=O)CC(C)(C)CO[P@]1(=O)OC[C@H]2O[C@@H](n3ccc(=O)[nH]c3=O)[C@](C)(N)[C@@H]2O1. The Balaban J connectivity index is 1.69. The van der Waals surface area contributed by atoms with Gasteiger partial charge in [-0.3, -0.25) is 32.7 Å². The summed E-state index contributed by atoms with van der Waals surface area (Å²) in [6.45, 7) is 8.37. The van der Waals surface area contributed by atoms with Gasteiger partial charge in [-0.1, -0.05) is 13.8 Å². The molecule has 2 saturated heterocycles. The Labute approximate surface area is 184 Å². The van der Waals surface area contributed by atoms with E-state index in [1.807, 2.05) is 0 Å². The molecule has 12 nitrogen and oxygen atoms in total. The number of H-pyrrole nitrogens is 1. The molecule has 0 radical (unpaired) electrons. The van der Waals surface area contributed by atoms with Crippen molar-refractivity contribution >= 4 is 13.8 Å². The zero-order chi connectivity index (χ0) is 23.9. The number of esters is 1. The quantitative estimate of drug-likeness (QED) is 0.431. The summed E-state index contributed by atoms with van der Waals surface area (Å²) in [7, 11) is -4.03. The number of fused-ring (bicyclic) bond motifs is 1. The van der Waals surface area contributed by atoms with Crippen LogP contribution in [0.2, 0.25) is 0 Å². The Kier molecular flexibility index (Phi) is 6.86. The van der Waals surface area contributed by atoms with E-state index in [-0.39, 0.29) is 25.7 Å². The zero-order valence-corrected chi connectivity index (χ0v) is 19.6. The van der Waals surface area contributed by atoms with Crippen molar-refractivity contribution in [1.82, 2.24) is 9.55 Å². The van der Waals surface area contributed by atoms with Crippen molar-refractivity contribution in [3.8, 4) is 0 Å². The van der Waals surface area contributed by atoms with Crippen molar-refractivity contribution in [1.29, 1.82) is 0 Å². The van der Waals surface area contributed by atoms with Crippen LogP contribution < -0.4 is 17.0 Å². The molecule has 5 atom stereocenters. The highest BCUT2D eigenvalue weighted by Gasteiger charge is 2.59. The van der Waals surface area contributed by atoms with Gasteiger partial charge in [0.15, 0.2) is 6.23 Å². The number of phosphoric ester groups is 1. The van der Waals surface area contributed by atoms with Crippen molar-refractivity contribution in [2.45, 2.75) is 71.1 Å². The minimum absolute atomic E-state index is 0.0478. The minimum atomic E-state index is -4.03. The van der Waals surface area contributed by atoms with E-state index in [1.54, 1.807) is 34.6 Å². The summed E-state index contributed by atoms with van der Waals surface area (Å²) in [5.41, 5.74) is 3.18. The molecule has 2 fully saturated rings. The molecule has 3 N–H and O–H groups in total. The van der Waals surface area contributed by atoms with E-state index in [1.165, 1.54) is 12.3 Å². The standard InChI is InChI=1S/C19H30N3O9P/c1-11(2)29-14(24)8-18(3,4)10-28-32(26)27-9-12-15(31-32)19(5,20)16(30-12)22-7-6-13(23)21-17(22)25/h6-7,11-12,15-16H,8-10,20H2,1-5H3,(H,21,23,25)/t12-,15-,16-,19-,32+/m1/s1. The van der Waals surface area contributed by atoms with Crippen molar-refractivity contribution < 1.29 is 32.4 Å². The number of nitrogens with two attached hydrogens (primary N) is 1. The molecule has 0 unspecified atom stereocenters. The number of nitrogens with zero attached hydrogens (tertiary/aromatic N) is 1. The molecule has 0 bridgehead atoms. The number of carbonyl (C=O) groups is 1. The maximum absolute atomic E-state index is 13.1. The zero-order valence-electron chi connectivity index (χ0n) is 18.7. The fourth-order valence-corrected chi connectivity index (χ4v) is 5.29. The largest absolute Gasteiger partial charge is 0.475 e. The topological polar surface area (TPSA) is 161 Å². The van der Waals surface area contributed by atoms with Gasteiger partial charge in [0.25, 0.3) is 5.56 Å². The third kappa shape index (κ3) is 5.38. The molecule has 3 rings (SSSR count). The van der Waals surface area contributed by atoms with Crippen molar-refractivity contribution in [2.75, 3.05) is 13.2 Å². The van der Waals surface area contributed by atoms with Crippen LogP contribution in [-0.2, 0) is 32.4 Å².